The lowest BCUT2D eigenvalue weighted by Gasteiger charge is -2.28. The zero-order chi connectivity index (χ0) is 29.9. The summed E-state index contributed by atoms with van der Waals surface area (Å²) in [6.07, 6.45) is 1.06. The number of amides is 2. The molecule has 0 atom stereocenters. The maximum absolute atomic E-state index is 12.4. The molecule has 39 heavy (non-hydrogen) atoms. The summed E-state index contributed by atoms with van der Waals surface area (Å²) in [7, 11) is 0. The van der Waals surface area contributed by atoms with Crippen LogP contribution in [0.3, 0.4) is 0 Å². The van der Waals surface area contributed by atoms with Gasteiger partial charge in [0, 0.05) is 24.0 Å². The molecule has 0 bridgehead atoms. The molecule has 2 aromatic carbocycles. The van der Waals surface area contributed by atoms with Gasteiger partial charge in [-0.2, -0.15) is 0 Å². The van der Waals surface area contributed by atoms with E-state index in [-0.39, 0.29) is 34.8 Å². The van der Waals surface area contributed by atoms with Gasteiger partial charge in [0.1, 0.15) is 11.5 Å². The van der Waals surface area contributed by atoms with Crippen molar-refractivity contribution in [1.82, 2.24) is 0 Å². The van der Waals surface area contributed by atoms with Crippen LogP contribution in [-0.4, -0.2) is 22.0 Å². The van der Waals surface area contributed by atoms with Crippen LogP contribution < -0.4 is 0 Å². The van der Waals surface area contributed by atoms with E-state index in [1.807, 2.05) is 93.5 Å². The van der Waals surface area contributed by atoms with E-state index in [0.29, 0.717) is 24.2 Å². The Bertz CT molecular complexity index is 1250. The number of hydrogen-bond acceptors (Lipinski definition) is 4. The first-order valence-electron chi connectivity index (χ1n) is 13.6. The van der Waals surface area contributed by atoms with Crippen molar-refractivity contribution in [2.75, 3.05) is 0 Å². The van der Waals surface area contributed by atoms with E-state index >= 15 is 0 Å². The van der Waals surface area contributed by atoms with Gasteiger partial charge in [-0.3, -0.25) is 9.59 Å². The summed E-state index contributed by atoms with van der Waals surface area (Å²) in [4.78, 5) is 24.8. The lowest BCUT2D eigenvalue weighted by Crippen LogP contribution is -2.18. The standard InChI is InChI=1S/C33H46N2O4/c1-20(2)23-16-21(17-24(29(23)38)31(3,4)5)12-14-27(36)34-35-28(37)15-13-22-18-25(32(6,7)8)30(39)26(19-22)33(9,10)11/h16-19,38-39H,1,12-15H2,2-11H3. The predicted octanol–water partition coefficient (Wildman–Crippen LogP) is 8.09. The molecule has 0 saturated carbocycles. The minimum absolute atomic E-state index is 0.0998. The van der Waals surface area contributed by atoms with Gasteiger partial charge >= 0.3 is 0 Å². The normalized spacial score (nSPS) is 12.7. The van der Waals surface area contributed by atoms with Crippen LogP contribution in [0.4, 0.5) is 0 Å². The Labute approximate surface area is 234 Å². The van der Waals surface area contributed by atoms with Crippen molar-refractivity contribution in [1.29, 1.82) is 0 Å². The number of azo groups is 1. The van der Waals surface area contributed by atoms with Gasteiger partial charge in [-0.15, -0.1) is 10.2 Å². The van der Waals surface area contributed by atoms with Crippen molar-refractivity contribution in [2.24, 2.45) is 10.2 Å². The molecule has 2 amide bonds. The number of phenolic OH excluding ortho intramolecular Hbond substituents is 2. The molecule has 0 aliphatic rings. The van der Waals surface area contributed by atoms with Crippen molar-refractivity contribution in [2.45, 2.75) is 111 Å². The number of hydrogen-bond donors (Lipinski definition) is 2. The minimum atomic E-state index is -0.472. The quantitative estimate of drug-likeness (QED) is 0.351. The van der Waals surface area contributed by atoms with E-state index in [1.54, 1.807) is 0 Å². The molecule has 2 aromatic rings. The topological polar surface area (TPSA) is 99.3 Å². The SMILES string of the molecule is C=C(C)c1cc(CCC(=O)N=NC(=O)CCc2cc(C(C)(C)C)c(O)c(C(C)(C)C)c2)cc(C(C)(C)C)c1O. The molecule has 6 heteroatoms. The average molecular weight is 535 g/mol. The van der Waals surface area contributed by atoms with Gasteiger partial charge in [-0.05, 0) is 69.9 Å². The van der Waals surface area contributed by atoms with Gasteiger partial charge in [0.05, 0.1) is 0 Å². The maximum atomic E-state index is 12.4. The van der Waals surface area contributed by atoms with Gasteiger partial charge < -0.3 is 10.2 Å². The summed E-state index contributed by atoms with van der Waals surface area (Å²) in [5, 5.41) is 28.9. The van der Waals surface area contributed by atoms with Crippen LogP contribution in [-0.2, 0) is 38.7 Å². The summed E-state index contributed by atoms with van der Waals surface area (Å²) >= 11 is 0. The first-order valence-corrected chi connectivity index (χ1v) is 13.6. The van der Waals surface area contributed by atoms with Crippen molar-refractivity contribution < 1.29 is 19.8 Å². The van der Waals surface area contributed by atoms with Gasteiger partial charge in [0.2, 0.25) is 0 Å². The highest BCUT2D eigenvalue weighted by Crippen LogP contribution is 2.40. The van der Waals surface area contributed by atoms with Crippen LogP contribution in [0.25, 0.3) is 5.57 Å². The number of benzene rings is 2. The molecule has 0 heterocycles. The lowest BCUT2D eigenvalue weighted by atomic mass is 9.78. The van der Waals surface area contributed by atoms with E-state index in [4.69, 9.17) is 0 Å². The van der Waals surface area contributed by atoms with Crippen molar-refractivity contribution >= 4 is 17.4 Å². The molecule has 0 aliphatic heterocycles. The molecule has 0 spiro atoms. The highest BCUT2D eigenvalue weighted by atomic mass is 16.3. The fourth-order valence-corrected chi connectivity index (χ4v) is 4.43. The molecular formula is C33H46N2O4. The summed E-state index contributed by atoms with van der Waals surface area (Å²) in [6, 6.07) is 7.65. The molecular weight excluding hydrogens is 488 g/mol. The van der Waals surface area contributed by atoms with E-state index in [0.717, 1.165) is 33.4 Å². The predicted molar refractivity (Wildman–Crippen MR) is 159 cm³/mol. The van der Waals surface area contributed by atoms with Gasteiger partial charge in [-0.1, -0.05) is 87.1 Å². The van der Waals surface area contributed by atoms with Crippen LogP contribution in [0.1, 0.15) is 115 Å². The first kappa shape index (κ1) is 31.9. The highest BCUT2D eigenvalue weighted by molar-refractivity contribution is 5.82. The molecule has 0 aliphatic carbocycles. The third-order valence-corrected chi connectivity index (χ3v) is 6.75. The van der Waals surface area contributed by atoms with Gasteiger partial charge in [-0.25, -0.2) is 0 Å². The molecule has 0 saturated heterocycles. The van der Waals surface area contributed by atoms with E-state index in [1.165, 1.54) is 0 Å². The molecule has 0 unspecified atom stereocenters. The van der Waals surface area contributed by atoms with Crippen LogP contribution in [0.2, 0.25) is 0 Å². The number of aromatic hydroxyl groups is 2. The number of aryl methyl sites for hydroxylation is 2. The molecule has 2 N–H and O–H groups in total. The summed E-state index contributed by atoms with van der Waals surface area (Å²) in [5.41, 5.74) is 4.92. The molecule has 6 nitrogen and oxygen atoms in total. The number of allylic oxidation sites excluding steroid dienone is 1. The first-order chi connectivity index (χ1) is 17.7. The Morgan fingerprint density at radius 3 is 1.33 bits per heavy atom. The number of phenols is 2. The van der Waals surface area contributed by atoms with Crippen LogP contribution in [0.5, 0.6) is 11.5 Å². The number of rotatable bonds is 7. The lowest BCUT2D eigenvalue weighted by molar-refractivity contribution is -0.122. The Hall–Kier alpha value is -3.28. The Morgan fingerprint density at radius 2 is 1.00 bits per heavy atom. The fourth-order valence-electron chi connectivity index (χ4n) is 4.43. The molecule has 0 radical (unpaired) electrons. The Morgan fingerprint density at radius 1 is 0.667 bits per heavy atom. The Kier molecular flexibility index (Phi) is 9.70. The minimum Gasteiger partial charge on any atom is -0.507 e. The third kappa shape index (κ3) is 8.61. The molecule has 2 rings (SSSR count). The second-order valence-electron chi connectivity index (χ2n) is 13.6. The summed E-state index contributed by atoms with van der Waals surface area (Å²) in [5.74, 6) is -0.419. The second kappa shape index (κ2) is 11.8. The Balaban J connectivity index is 2.10. The molecule has 0 fully saturated rings. The third-order valence-electron chi connectivity index (χ3n) is 6.75. The largest absolute Gasteiger partial charge is 0.507 e. The van der Waals surface area contributed by atoms with Crippen LogP contribution >= 0.6 is 0 Å². The summed E-state index contributed by atoms with van der Waals surface area (Å²) < 4.78 is 0. The van der Waals surface area contributed by atoms with E-state index in [9.17, 15) is 19.8 Å². The maximum Gasteiger partial charge on any atom is 0.265 e. The van der Waals surface area contributed by atoms with E-state index < -0.39 is 11.8 Å². The van der Waals surface area contributed by atoms with Crippen LogP contribution in [0.15, 0.2) is 41.1 Å². The van der Waals surface area contributed by atoms with E-state index in [2.05, 4.69) is 16.8 Å². The van der Waals surface area contributed by atoms with Crippen molar-refractivity contribution in [3.63, 3.8) is 0 Å². The highest BCUT2D eigenvalue weighted by Gasteiger charge is 2.27. The smallest absolute Gasteiger partial charge is 0.265 e. The second-order valence-corrected chi connectivity index (χ2v) is 13.6. The average Bonchev–Trinajstić information content (AvgIpc) is 2.78. The molecule has 212 valence electrons. The van der Waals surface area contributed by atoms with Gasteiger partial charge in [0.25, 0.3) is 11.8 Å². The van der Waals surface area contributed by atoms with Gasteiger partial charge in [0.15, 0.2) is 0 Å². The molecule has 0 aromatic heterocycles. The zero-order valence-electron chi connectivity index (χ0n) is 25.5. The monoisotopic (exact) mass is 534 g/mol. The zero-order valence-corrected chi connectivity index (χ0v) is 25.5. The number of nitrogens with zero attached hydrogens (tertiary/aromatic N) is 2. The van der Waals surface area contributed by atoms with Crippen molar-refractivity contribution in [3.05, 3.63) is 64.2 Å². The number of carbonyl (C=O) groups is 2. The number of carbonyl (C=O) groups excluding carboxylic acids is 2. The fraction of sp³-hybridized carbons (Fsp3) is 0.515. The van der Waals surface area contributed by atoms with Crippen molar-refractivity contribution in [3.8, 4) is 11.5 Å². The summed E-state index contributed by atoms with van der Waals surface area (Å²) in [6.45, 7) is 24.1. The van der Waals surface area contributed by atoms with Crippen LogP contribution in [0, 0.1) is 0 Å².